The Labute approximate surface area is 161 Å². The van der Waals surface area contributed by atoms with Gasteiger partial charge in [-0.25, -0.2) is 0 Å². The van der Waals surface area contributed by atoms with Gasteiger partial charge in [-0.15, -0.1) is 0 Å². The lowest BCUT2D eigenvalue weighted by atomic mass is 9.96. The molecule has 0 saturated carbocycles. The Balaban J connectivity index is 1.79. The van der Waals surface area contributed by atoms with E-state index in [1.54, 1.807) is 12.1 Å². The van der Waals surface area contributed by atoms with E-state index in [1.165, 1.54) is 11.1 Å². The smallest absolute Gasteiger partial charge is 0.184 e. The van der Waals surface area contributed by atoms with E-state index >= 15 is 0 Å². The van der Waals surface area contributed by atoms with Gasteiger partial charge >= 0.3 is 0 Å². The molecule has 1 N–H and O–H groups in total. The number of carbonyl (C=O) groups is 1. The summed E-state index contributed by atoms with van der Waals surface area (Å²) >= 11 is 12.5. The third-order valence-corrected chi connectivity index (χ3v) is 5.80. The van der Waals surface area contributed by atoms with Gasteiger partial charge in [-0.2, -0.15) is 0 Å². The molecule has 2 aliphatic rings. The highest BCUT2D eigenvalue weighted by molar-refractivity contribution is 6.38. The molecule has 5 rings (SSSR count). The minimum Gasteiger partial charge on any atom is -0.376 e. The second kappa shape index (κ2) is 5.90. The molecule has 0 atom stereocenters. The van der Waals surface area contributed by atoms with Crippen molar-refractivity contribution in [1.29, 1.82) is 0 Å². The molecule has 1 aromatic heterocycles. The average molecular weight is 383 g/mol. The monoisotopic (exact) mass is 382 g/mol. The standard InChI is InChI=1S/C21H16Cl2N2O/c22-13-6-7-15(17(23)9-13)20-19(18(26)10-24-20)16-11-25-8-2-4-12-3-1-5-14(16)21(12)25/h1,3,5-7,9,11,24H,2,4,8,10H2. The fourth-order valence-electron chi connectivity index (χ4n) is 4.15. The van der Waals surface area contributed by atoms with Gasteiger partial charge in [0, 0.05) is 34.3 Å². The van der Waals surface area contributed by atoms with E-state index in [4.69, 9.17) is 23.2 Å². The van der Waals surface area contributed by atoms with E-state index in [-0.39, 0.29) is 12.3 Å². The van der Waals surface area contributed by atoms with Crippen molar-refractivity contribution in [3.05, 3.63) is 69.3 Å². The Hall–Kier alpha value is -2.23. The Kier molecular flexibility index (Phi) is 3.63. The fraction of sp³-hybridized carbons (Fsp3) is 0.190. The molecule has 0 unspecified atom stereocenters. The molecule has 0 fully saturated rings. The van der Waals surface area contributed by atoms with Gasteiger partial charge in [0.2, 0.25) is 0 Å². The molecule has 130 valence electrons. The van der Waals surface area contributed by atoms with Crippen molar-refractivity contribution >= 4 is 51.2 Å². The SMILES string of the molecule is O=C1CNC(c2ccc(Cl)cc2Cl)=C1c1cn2c3c(cccc13)CCC2. The molecule has 3 heterocycles. The number of carbonyl (C=O) groups excluding carboxylic acids is 1. The number of para-hydroxylation sites is 1. The first-order chi connectivity index (χ1) is 12.6. The van der Waals surface area contributed by atoms with Crippen LogP contribution in [0.3, 0.4) is 0 Å². The third-order valence-electron chi connectivity index (χ3n) is 5.25. The average Bonchev–Trinajstić information content (AvgIpc) is 3.18. The van der Waals surface area contributed by atoms with Gasteiger partial charge in [0.1, 0.15) is 0 Å². The number of aryl methyl sites for hydroxylation is 2. The summed E-state index contributed by atoms with van der Waals surface area (Å²) in [6, 6.07) is 11.8. The van der Waals surface area contributed by atoms with Crippen molar-refractivity contribution in [2.24, 2.45) is 0 Å². The molecule has 0 spiro atoms. The molecule has 5 heteroatoms. The topological polar surface area (TPSA) is 34.0 Å². The number of benzene rings is 2. The number of nitrogens with one attached hydrogen (secondary N) is 1. The van der Waals surface area contributed by atoms with Crippen molar-refractivity contribution in [3.8, 4) is 0 Å². The predicted molar refractivity (Wildman–Crippen MR) is 107 cm³/mol. The number of Topliss-reactive ketones (excluding diaryl/α,β-unsaturated/α-hetero) is 1. The van der Waals surface area contributed by atoms with Gasteiger partial charge in [-0.1, -0.05) is 41.4 Å². The zero-order valence-corrected chi connectivity index (χ0v) is 15.5. The van der Waals surface area contributed by atoms with Crippen LogP contribution < -0.4 is 5.32 Å². The molecular weight excluding hydrogens is 367 g/mol. The predicted octanol–water partition coefficient (Wildman–Crippen LogP) is 4.93. The van der Waals surface area contributed by atoms with E-state index in [0.29, 0.717) is 10.0 Å². The molecule has 26 heavy (non-hydrogen) atoms. The molecule has 3 aromatic rings. The van der Waals surface area contributed by atoms with Crippen LogP contribution in [-0.4, -0.2) is 16.9 Å². The molecule has 0 aliphatic carbocycles. The van der Waals surface area contributed by atoms with Crippen LogP contribution in [0.4, 0.5) is 0 Å². The zero-order valence-electron chi connectivity index (χ0n) is 14.0. The van der Waals surface area contributed by atoms with E-state index in [0.717, 1.165) is 47.2 Å². The Morgan fingerprint density at radius 3 is 2.81 bits per heavy atom. The van der Waals surface area contributed by atoms with Gasteiger partial charge in [0.15, 0.2) is 5.78 Å². The summed E-state index contributed by atoms with van der Waals surface area (Å²) in [6.07, 6.45) is 4.33. The van der Waals surface area contributed by atoms with Gasteiger partial charge in [0.25, 0.3) is 0 Å². The number of nitrogens with zero attached hydrogens (tertiary/aromatic N) is 1. The van der Waals surface area contributed by atoms with Gasteiger partial charge in [-0.05, 0) is 36.6 Å². The van der Waals surface area contributed by atoms with Gasteiger partial charge in [0.05, 0.1) is 28.4 Å². The number of hydrogen-bond acceptors (Lipinski definition) is 2. The molecule has 0 bridgehead atoms. The van der Waals surface area contributed by atoms with Crippen molar-refractivity contribution < 1.29 is 4.79 Å². The Morgan fingerprint density at radius 1 is 1.08 bits per heavy atom. The van der Waals surface area contributed by atoms with Crippen LogP contribution in [0.2, 0.25) is 10.0 Å². The lowest BCUT2D eigenvalue weighted by Crippen LogP contribution is -2.11. The summed E-state index contributed by atoms with van der Waals surface area (Å²) in [7, 11) is 0. The molecule has 2 aromatic carbocycles. The first-order valence-corrected chi connectivity index (χ1v) is 9.47. The number of rotatable bonds is 2. The van der Waals surface area contributed by atoms with E-state index in [2.05, 4.69) is 34.3 Å². The summed E-state index contributed by atoms with van der Waals surface area (Å²) < 4.78 is 2.28. The van der Waals surface area contributed by atoms with Crippen LogP contribution in [0.5, 0.6) is 0 Å². The van der Waals surface area contributed by atoms with Crippen LogP contribution in [0.15, 0.2) is 42.6 Å². The highest BCUT2D eigenvalue weighted by Crippen LogP contribution is 2.39. The van der Waals surface area contributed by atoms with Gasteiger partial charge in [-0.3, -0.25) is 4.79 Å². The zero-order chi connectivity index (χ0) is 17.8. The molecular formula is C21H16Cl2N2O. The molecule has 3 nitrogen and oxygen atoms in total. The minimum absolute atomic E-state index is 0.0923. The van der Waals surface area contributed by atoms with E-state index in [1.807, 2.05) is 6.07 Å². The summed E-state index contributed by atoms with van der Waals surface area (Å²) in [6.45, 7) is 1.27. The summed E-state index contributed by atoms with van der Waals surface area (Å²) in [5, 5.41) is 5.51. The fourth-order valence-corrected chi connectivity index (χ4v) is 4.65. The van der Waals surface area contributed by atoms with Gasteiger partial charge < -0.3 is 9.88 Å². The van der Waals surface area contributed by atoms with Crippen molar-refractivity contribution in [2.75, 3.05) is 6.54 Å². The van der Waals surface area contributed by atoms with Crippen LogP contribution >= 0.6 is 23.2 Å². The van der Waals surface area contributed by atoms with Crippen LogP contribution in [0.1, 0.15) is 23.1 Å². The number of halogens is 2. The normalized spacial score (nSPS) is 16.5. The lowest BCUT2D eigenvalue weighted by molar-refractivity contribution is -0.112. The minimum atomic E-state index is 0.0923. The maximum atomic E-state index is 12.8. The third kappa shape index (κ3) is 2.31. The summed E-state index contributed by atoms with van der Waals surface area (Å²) in [4.78, 5) is 12.8. The second-order valence-corrected chi connectivity index (χ2v) is 7.65. The van der Waals surface area contributed by atoms with Crippen molar-refractivity contribution in [1.82, 2.24) is 9.88 Å². The van der Waals surface area contributed by atoms with Crippen LogP contribution in [0, 0.1) is 0 Å². The summed E-state index contributed by atoms with van der Waals surface area (Å²) in [5.41, 5.74) is 5.91. The van der Waals surface area contributed by atoms with Crippen LogP contribution in [-0.2, 0) is 17.8 Å². The van der Waals surface area contributed by atoms with Crippen molar-refractivity contribution in [3.63, 3.8) is 0 Å². The summed E-state index contributed by atoms with van der Waals surface area (Å²) in [5.74, 6) is 0.0923. The highest BCUT2D eigenvalue weighted by atomic mass is 35.5. The number of aromatic nitrogens is 1. The first-order valence-electron chi connectivity index (χ1n) is 8.71. The highest BCUT2D eigenvalue weighted by Gasteiger charge is 2.29. The Morgan fingerprint density at radius 2 is 1.96 bits per heavy atom. The molecule has 0 radical (unpaired) electrons. The number of ketones is 1. The lowest BCUT2D eigenvalue weighted by Gasteiger charge is -2.14. The maximum Gasteiger partial charge on any atom is 0.184 e. The quantitative estimate of drug-likeness (QED) is 0.681. The first kappa shape index (κ1) is 16.0. The largest absolute Gasteiger partial charge is 0.376 e. The Bertz CT molecular complexity index is 1110. The molecule has 0 amide bonds. The molecule has 0 saturated heterocycles. The van der Waals surface area contributed by atoms with E-state index < -0.39 is 0 Å². The van der Waals surface area contributed by atoms with Crippen LogP contribution in [0.25, 0.3) is 22.2 Å². The van der Waals surface area contributed by atoms with E-state index in [9.17, 15) is 4.79 Å². The second-order valence-electron chi connectivity index (χ2n) is 6.80. The van der Waals surface area contributed by atoms with Crippen molar-refractivity contribution in [2.45, 2.75) is 19.4 Å². The molecule has 2 aliphatic heterocycles. The number of hydrogen-bond donors (Lipinski definition) is 1. The maximum absolute atomic E-state index is 12.8.